The van der Waals surface area contributed by atoms with Gasteiger partial charge in [-0.3, -0.25) is 0 Å². The zero-order valence-corrected chi connectivity index (χ0v) is 10.5. The molecule has 2 aromatic rings. The number of hydrogen-bond acceptors (Lipinski definition) is 5. The van der Waals surface area contributed by atoms with Crippen LogP contribution in [0.5, 0.6) is 11.5 Å². The summed E-state index contributed by atoms with van der Waals surface area (Å²) < 4.78 is 11.1. The average molecular weight is 275 g/mol. The van der Waals surface area contributed by atoms with Crippen molar-refractivity contribution >= 4 is 11.9 Å². The summed E-state index contributed by atoms with van der Waals surface area (Å²) in [7, 11) is 0. The van der Waals surface area contributed by atoms with E-state index >= 15 is 0 Å². The number of ether oxygens (including phenoxy) is 2. The maximum atomic E-state index is 11.2. The van der Waals surface area contributed by atoms with E-state index < -0.39 is 5.97 Å². The van der Waals surface area contributed by atoms with E-state index in [0.29, 0.717) is 30.3 Å². The van der Waals surface area contributed by atoms with Gasteiger partial charge in [-0.15, -0.1) is 0 Å². The standard InChI is InChI=1S/C13H13N3O4/c14-13-15-10(11(16-13)12(17)18)7-2-3-8-9(6-7)20-5-1-4-19-8/h2-3,6H,1,4-5H2,(H,17,18)(H3,14,15,16). The van der Waals surface area contributed by atoms with Crippen LogP contribution in [-0.4, -0.2) is 34.3 Å². The van der Waals surface area contributed by atoms with Crippen LogP contribution in [0.25, 0.3) is 11.3 Å². The highest BCUT2D eigenvalue weighted by Gasteiger charge is 2.19. The van der Waals surface area contributed by atoms with Gasteiger partial charge in [0.15, 0.2) is 23.1 Å². The van der Waals surface area contributed by atoms with Gasteiger partial charge in [0.05, 0.1) is 13.2 Å². The number of aromatic carboxylic acids is 1. The van der Waals surface area contributed by atoms with Gasteiger partial charge in [-0.1, -0.05) is 0 Å². The largest absolute Gasteiger partial charge is 0.490 e. The molecule has 0 bridgehead atoms. The molecular weight excluding hydrogens is 262 g/mol. The van der Waals surface area contributed by atoms with Gasteiger partial charge >= 0.3 is 5.97 Å². The molecule has 4 N–H and O–H groups in total. The fraction of sp³-hybridized carbons (Fsp3) is 0.231. The number of H-pyrrole nitrogens is 1. The molecule has 0 aliphatic carbocycles. The molecule has 1 aromatic carbocycles. The van der Waals surface area contributed by atoms with Gasteiger partial charge in [0, 0.05) is 12.0 Å². The Balaban J connectivity index is 2.07. The van der Waals surface area contributed by atoms with Crippen LogP contribution in [0.4, 0.5) is 5.95 Å². The number of nitrogens with zero attached hydrogens (tertiary/aromatic N) is 1. The highest BCUT2D eigenvalue weighted by molar-refractivity contribution is 5.93. The van der Waals surface area contributed by atoms with Crippen molar-refractivity contribution in [3.05, 3.63) is 23.9 Å². The molecule has 1 aliphatic heterocycles. The van der Waals surface area contributed by atoms with E-state index in [1.54, 1.807) is 18.2 Å². The Morgan fingerprint density at radius 1 is 1.30 bits per heavy atom. The number of rotatable bonds is 2. The lowest BCUT2D eigenvalue weighted by Gasteiger charge is -2.08. The van der Waals surface area contributed by atoms with Gasteiger partial charge < -0.3 is 25.3 Å². The molecule has 0 spiro atoms. The average Bonchev–Trinajstić information content (AvgIpc) is 2.68. The predicted molar refractivity (Wildman–Crippen MR) is 71.0 cm³/mol. The molecule has 0 saturated carbocycles. The third-order valence-corrected chi connectivity index (χ3v) is 2.96. The fourth-order valence-corrected chi connectivity index (χ4v) is 2.07. The molecular formula is C13H13N3O4. The van der Waals surface area contributed by atoms with E-state index in [4.69, 9.17) is 20.3 Å². The highest BCUT2D eigenvalue weighted by atomic mass is 16.5. The Bertz CT molecular complexity index is 666. The maximum Gasteiger partial charge on any atom is 0.354 e. The van der Waals surface area contributed by atoms with Crippen LogP contribution in [0.3, 0.4) is 0 Å². The molecule has 0 fully saturated rings. The Morgan fingerprint density at radius 3 is 2.80 bits per heavy atom. The second-order valence-corrected chi connectivity index (χ2v) is 4.36. The number of hydrogen-bond donors (Lipinski definition) is 3. The minimum absolute atomic E-state index is 0.0445. The molecule has 7 nitrogen and oxygen atoms in total. The van der Waals surface area contributed by atoms with Crippen LogP contribution in [0.2, 0.25) is 0 Å². The summed E-state index contributed by atoms with van der Waals surface area (Å²) in [5.41, 5.74) is 6.38. The monoisotopic (exact) mass is 275 g/mol. The van der Waals surface area contributed by atoms with Crippen molar-refractivity contribution in [3.8, 4) is 22.8 Å². The number of imidazole rings is 1. The summed E-state index contributed by atoms with van der Waals surface area (Å²) in [6, 6.07) is 5.19. The summed E-state index contributed by atoms with van der Waals surface area (Å²) in [5, 5.41) is 9.14. The van der Waals surface area contributed by atoms with Gasteiger partial charge in [0.25, 0.3) is 0 Å². The molecule has 0 saturated heterocycles. The molecule has 0 amide bonds. The zero-order chi connectivity index (χ0) is 14.1. The molecule has 0 unspecified atom stereocenters. The van der Waals surface area contributed by atoms with Crippen molar-refractivity contribution in [2.24, 2.45) is 0 Å². The normalized spacial score (nSPS) is 13.8. The number of nitrogens with two attached hydrogens (primary N) is 1. The van der Waals surface area contributed by atoms with Crippen molar-refractivity contribution in [2.45, 2.75) is 6.42 Å². The third kappa shape index (κ3) is 2.13. The number of carboxylic acids is 1. The van der Waals surface area contributed by atoms with Crippen LogP contribution in [0, 0.1) is 0 Å². The molecule has 1 aliphatic rings. The number of carboxylic acid groups (broad SMARTS) is 1. The van der Waals surface area contributed by atoms with Crippen molar-refractivity contribution in [1.29, 1.82) is 0 Å². The van der Waals surface area contributed by atoms with Gasteiger partial charge in [0.2, 0.25) is 0 Å². The minimum atomic E-state index is -1.11. The summed E-state index contributed by atoms with van der Waals surface area (Å²) in [5.74, 6) is 0.172. The quantitative estimate of drug-likeness (QED) is 0.766. The molecule has 20 heavy (non-hydrogen) atoms. The number of carbonyl (C=O) groups is 1. The van der Waals surface area contributed by atoms with Crippen LogP contribution in [-0.2, 0) is 0 Å². The van der Waals surface area contributed by atoms with Crippen LogP contribution >= 0.6 is 0 Å². The number of aromatic nitrogens is 2. The van der Waals surface area contributed by atoms with Crippen LogP contribution in [0.15, 0.2) is 18.2 Å². The fourth-order valence-electron chi connectivity index (χ4n) is 2.07. The lowest BCUT2D eigenvalue weighted by atomic mass is 10.1. The van der Waals surface area contributed by atoms with Gasteiger partial charge in [0.1, 0.15) is 5.69 Å². The summed E-state index contributed by atoms with van der Waals surface area (Å²) in [6.45, 7) is 1.16. The Kier molecular flexibility index (Phi) is 2.94. The smallest absolute Gasteiger partial charge is 0.354 e. The predicted octanol–water partition coefficient (Wildman–Crippen LogP) is 1.52. The van der Waals surface area contributed by atoms with Crippen molar-refractivity contribution in [3.63, 3.8) is 0 Å². The van der Waals surface area contributed by atoms with Gasteiger partial charge in [-0.25, -0.2) is 9.78 Å². The first-order chi connectivity index (χ1) is 9.65. The van der Waals surface area contributed by atoms with Gasteiger partial charge in [-0.2, -0.15) is 0 Å². The molecule has 2 heterocycles. The van der Waals surface area contributed by atoms with Gasteiger partial charge in [-0.05, 0) is 18.2 Å². The second-order valence-electron chi connectivity index (χ2n) is 4.36. The summed E-state index contributed by atoms with van der Waals surface area (Å²) >= 11 is 0. The minimum Gasteiger partial charge on any atom is -0.490 e. The molecule has 104 valence electrons. The molecule has 1 aromatic heterocycles. The first-order valence-corrected chi connectivity index (χ1v) is 6.14. The third-order valence-electron chi connectivity index (χ3n) is 2.96. The Morgan fingerprint density at radius 2 is 2.05 bits per heavy atom. The SMILES string of the molecule is Nc1nc(-c2ccc3c(c2)OCCCO3)c(C(=O)O)[nH]1. The summed E-state index contributed by atoms with van der Waals surface area (Å²) in [6.07, 6.45) is 0.805. The van der Waals surface area contributed by atoms with E-state index in [2.05, 4.69) is 9.97 Å². The summed E-state index contributed by atoms with van der Waals surface area (Å²) in [4.78, 5) is 17.7. The lowest BCUT2D eigenvalue weighted by molar-refractivity contribution is 0.0692. The van der Waals surface area contributed by atoms with Crippen molar-refractivity contribution in [1.82, 2.24) is 9.97 Å². The molecule has 3 rings (SSSR count). The topological polar surface area (TPSA) is 110 Å². The van der Waals surface area contributed by atoms with E-state index in [9.17, 15) is 4.79 Å². The van der Waals surface area contributed by atoms with Crippen LogP contribution < -0.4 is 15.2 Å². The highest BCUT2D eigenvalue weighted by Crippen LogP contribution is 2.34. The molecule has 0 radical (unpaired) electrons. The van der Waals surface area contributed by atoms with Crippen molar-refractivity contribution in [2.75, 3.05) is 18.9 Å². The van der Waals surface area contributed by atoms with Crippen molar-refractivity contribution < 1.29 is 19.4 Å². The first-order valence-electron chi connectivity index (χ1n) is 6.14. The number of anilines is 1. The number of benzene rings is 1. The molecule has 0 atom stereocenters. The van der Waals surface area contributed by atoms with E-state index in [-0.39, 0.29) is 17.3 Å². The maximum absolute atomic E-state index is 11.2. The van der Waals surface area contributed by atoms with E-state index in [0.717, 1.165) is 6.42 Å². The lowest BCUT2D eigenvalue weighted by Crippen LogP contribution is -2.00. The second kappa shape index (κ2) is 4.76. The number of aromatic amines is 1. The van der Waals surface area contributed by atoms with Crippen LogP contribution in [0.1, 0.15) is 16.9 Å². The number of fused-ring (bicyclic) bond motifs is 1. The van der Waals surface area contributed by atoms with E-state index in [1.807, 2.05) is 0 Å². The number of nitrogens with one attached hydrogen (secondary N) is 1. The zero-order valence-electron chi connectivity index (χ0n) is 10.5. The Hall–Kier alpha value is -2.70. The molecule has 7 heteroatoms. The number of nitrogen functional groups attached to an aromatic ring is 1. The first kappa shape index (κ1) is 12.3. The Labute approximate surface area is 114 Å². The van der Waals surface area contributed by atoms with E-state index in [1.165, 1.54) is 0 Å².